The zero-order chi connectivity index (χ0) is 20.1. The molecule has 10 heteroatoms. The second-order valence-corrected chi connectivity index (χ2v) is 8.31. The van der Waals surface area contributed by atoms with E-state index >= 15 is 0 Å². The third kappa shape index (κ3) is 2.89. The van der Waals surface area contributed by atoms with Crippen molar-refractivity contribution in [3.63, 3.8) is 0 Å². The van der Waals surface area contributed by atoms with Crippen molar-refractivity contribution >= 4 is 21.3 Å². The van der Waals surface area contributed by atoms with Gasteiger partial charge in [0.1, 0.15) is 23.4 Å². The summed E-state index contributed by atoms with van der Waals surface area (Å²) in [6, 6.07) is 0.885. The Balaban J connectivity index is 2.32. The lowest BCUT2D eigenvalue weighted by atomic mass is 9.92. The van der Waals surface area contributed by atoms with Gasteiger partial charge in [-0.05, 0) is 25.5 Å². The van der Waals surface area contributed by atoms with Crippen molar-refractivity contribution in [1.82, 2.24) is 9.78 Å². The molecule has 2 aromatic rings. The van der Waals surface area contributed by atoms with Crippen LogP contribution in [0.1, 0.15) is 39.2 Å². The van der Waals surface area contributed by atoms with Crippen LogP contribution in [0.2, 0.25) is 0 Å². The third-order valence-corrected chi connectivity index (χ3v) is 6.33. The number of fused-ring (bicyclic) bond motifs is 1. The summed E-state index contributed by atoms with van der Waals surface area (Å²) in [7, 11) is -1.09. The van der Waals surface area contributed by atoms with Crippen LogP contribution in [0, 0.1) is 19.7 Å². The molecule has 0 atom stereocenters. The van der Waals surface area contributed by atoms with Gasteiger partial charge in [-0.25, -0.2) is 17.5 Å². The molecule has 0 saturated carbocycles. The molecule has 2 heterocycles. The van der Waals surface area contributed by atoms with E-state index in [1.165, 1.54) is 21.1 Å². The van der Waals surface area contributed by atoms with Crippen molar-refractivity contribution in [2.45, 2.75) is 25.2 Å². The van der Waals surface area contributed by atoms with Gasteiger partial charge in [-0.2, -0.15) is 5.10 Å². The quantitative estimate of drug-likeness (QED) is 0.625. The lowest BCUT2D eigenvalue weighted by Gasteiger charge is -2.22. The number of ketones is 1. The zero-order valence-corrected chi connectivity index (χ0v) is 16.0. The molecule has 1 aromatic carbocycles. The Kier molecular flexibility index (Phi) is 4.54. The SMILES string of the molecule is CO/N=C1\CCS(=O)(=O)c2c(F)cc(C(=O)c3c(C)nn(C)c3O)c(C)c21. The summed E-state index contributed by atoms with van der Waals surface area (Å²) >= 11 is 0. The molecule has 0 unspecified atom stereocenters. The van der Waals surface area contributed by atoms with E-state index in [1.807, 2.05) is 0 Å². The van der Waals surface area contributed by atoms with Crippen LogP contribution >= 0.6 is 0 Å². The summed E-state index contributed by atoms with van der Waals surface area (Å²) in [5.41, 5.74) is 0.671. The summed E-state index contributed by atoms with van der Waals surface area (Å²) in [5.74, 6) is -2.34. The number of halogens is 1. The van der Waals surface area contributed by atoms with E-state index < -0.39 is 26.3 Å². The molecule has 27 heavy (non-hydrogen) atoms. The van der Waals surface area contributed by atoms with Gasteiger partial charge in [-0.1, -0.05) is 5.16 Å². The minimum atomic E-state index is -3.85. The molecular formula is C17H18FN3O5S. The monoisotopic (exact) mass is 395 g/mol. The predicted molar refractivity (Wildman–Crippen MR) is 94.4 cm³/mol. The minimum Gasteiger partial charge on any atom is -0.493 e. The average Bonchev–Trinajstić information content (AvgIpc) is 2.84. The first-order valence-corrected chi connectivity index (χ1v) is 9.68. The Labute approximate surface area is 155 Å². The third-order valence-electron chi connectivity index (χ3n) is 4.57. The van der Waals surface area contributed by atoms with E-state index in [-0.39, 0.29) is 51.7 Å². The maximum absolute atomic E-state index is 14.8. The Morgan fingerprint density at radius 1 is 1.41 bits per heavy atom. The van der Waals surface area contributed by atoms with E-state index in [2.05, 4.69) is 10.3 Å². The number of carbonyl (C=O) groups excluding carboxylic acids is 1. The topological polar surface area (TPSA) is 111 Å². The van der Waals surface area contributed by atoms with Gasteiger partial charge < -0.3 is 9.94 Å². The molecule has 0 aliphatic carbocycles. The number of aromatic hydroxyl groups is 1. The lowest BCUT2D eigenvalue weighted by molar-refractivity contribution is 0.103. The van der Waals surface area contributed by atoms with Crippen molar-refractivity contribution < 1.29 is 27.5 Å². The number of aryl methyl sites for hydroxylation is 2. The van der Waals surface area contributed by atoms with E-state index in [1.54, 1.807) is 6.92 Å². The summed E-state index contributed by atoms with van der Waals surface area (Å²) in [6.07, 6.45) is 0.0399. The number of rotatable bonds is 3. The average molecular weight is 395 g/mol. The predicted octanol–water partition coefficient (Wildman–Crippen LogP) is 1.64. The number of benzene rings is 1. The molecule has 0 saturated heterocycles. The van der Waals surface area contributed by atoms with Gasteiger partial charge >= 0.3 is 0 Å². The molecule has 1 aliphatic rings. The molecule has 1 aliphatic heterocycles. The van der Waals surface area contributed by atoms with Crippen LogP contribution in [0.15, 0.2) is 16.1 Å². The van der Waals surface area contributed by atoms with Crippen molar-refractivity contribution in [3.8, 4) is 5.88 Å². The summed E-state index contributed by atoms with van der Waals surface area (Å²) < 4.78 is 40.7. The number of carbonyl (C=O) groups is 1. The second-order valence-electron chi connectivity index (χ2n) is 6.26. The molecule has 0 bridgehead atoms. The van der Waals surface area contributed by atoms with Crippen LogP contribution in [-0.2, 0) is 21.7 Å². The van der Waals surface area contributed by atoms with E-state index in [0.29, 0.717) is 0 Å². The number of nitrogens with zero attached hydrogens (tertiary/aromatic N) is 3. The second kappa shape index (κ2) is 6.45. The summed E-state index contributed by atoms with van der Waals surface area (Å²) in [5, 5.41) is 17.9. The van der Waals surface area contributed by atoms with Crippen LogP contribution in [0.3, 0.4) is 0 Å². The van der Waals surface area contributed by atoms with E-state index in [0.717, 1.165) is 10.7 Å². The fourth-order valence-corrected chi connectivity index (χ4v) is 4.92. The van der Waals surface area contributed by atoms with Crippen molar-refractivity contribution in [1.29, 1.82) is 0 Å². The smallest absolute Gasteiger partial charge is 0.220 e. The molecule has 1 aromatic heterocycles. The number of hydrogen-bond donors (Lipinski definition) is 1. The molecule has 8 nitrogen and oxygen atoms in total. The van der Waals surface area contributed by atoms with E-state index in [9.17, 15) is 22.7 Å². The molecule has 3 rings (SSSR count). The minimum absolute atomic E-state index is 0.0347. The first-order chi connectivity index (χ1) is 12.6. The highest BCUT2D eigenvalue weighted by molar-refractivity contribution is 7.91. The van der Waals surface area contributed by atoms with Crippen molar-refractivity contribution in [3.05, 3.63) is 39.8 Å². The van der Waals surface area contributed by atoms with Gasteiger partial charge in [0.25, 0.3) is 0 Å². The van der Waals surface area contributed by atoms with Crippen LogP contribution in [-0.4, -0.2) is 47.7 Å². The van der Waals surface area contributed by atoms with Crippen molar-refractivity contribution in [2.75, 3.05) is 12.9 Å². The van der Waals surface area contributed by atoms with Gasteiger partial charge in [0, 0.05) is 24.6 Å². The number of hydrogen-bond acceptors (Lipinski definition) is 7. The van der Waals surface area contributed by atoms with Gasteiger partial charge in [0.15, 0.2) is 9.84 Å². The van der Waals surface area contributed by atoms with Gasteiger partial charge in [0.05, 0.1) is 17.2 Å². The zero-order valence-electron chi connectivity index (χ0n) is 15.2. The highest BCUT2D eigenvalue weighted by Crippen LogP contribution is 2.34. The summed E-state index contributed by atoms with van der Waals surface area (Å²) in [6.45, 7) is 3.06. The van der Waals surface area contributed by atoms with Crippen LogP contribution < -0.4 is 0 Å². The molecule has 1 N–H and O–H groups in total. The Bertz CT molecular complexity index is 1100. The normalized spacial score (nSPS) is 17.0. The number of oxime groups is 1. The highest BCUT2D eigenvalue weighted by Gasteiger charge is 2.36. The first kappa shape index (κ1) is 19.0. The van der Waals surface area contributed by atoms with Crippen LogP contribution in [0.4, 0.5) is 4.39 Å². The molecule has 0 fully saturated rings. The van der Waals surface area contributed by atoms with Gasteiger partial charge in [0.2, 0.25) is 11.7 Å². The van der Waals surface area contributed by atoms with E-state index in [4.69, 9.17) is 4.84 Å². The van der Waals surface area contributed by atoms with Gasteiger partial charge in [-0.3, -0.25) is 4.79 Å². The lowest BCUT2D eigenvalue weighted by Crippen LogP contribution is -2.26. The standard InChI is InChI=1S/C17H18FN3O5S/c1-8-10(15(22)14-9(2)19-21(3)17(14)23)7-11(18)16-13(8)12(20-26-4)5-6-27(16,24)25/h7,23H,5-6H2,1-4H3/b20-12+. The molecule has 0 radical (unpaired) electrons. The fourth-order valence-electron chi connectivity index (χ4n) is 3.32. The molecule has 0 spiro atoms. The molecular weight excluding hydrogens is 377 g/mol. The van der Waals surface area contributed by atoms with Gasteiger partial charge in [-0.15, -0.1) is 0 Å². The fraction of sp³-hybridized carbons (Fsp3) is 0.353. The number of sulfone groups is 1. The van der Waals surface area contributed by atoms with Crippen molar-refractivity contribution in [2.24, 2.45) is 12.2 Å². The summed E-state index contributed by atoms with van der Waals surface area (Å²) in [4.78, 5) is 17.3. The Morgan fingerprint density at radius 2 is 2.07 bits per heavy atom. The molecule has 0 amide bonds. The maximum atomic E-state index is 14.8. The first-order valence-electron chi connectivity index (χ1n) is 8.03. The number of aromatic nitrogens is 2. The van der Waals surface area contributed by atoms with Crippen LogP contribution in [0.5, 0.6) is 5.88 Å². The highest BCUT2D eigenvalue weighted by atomic mass is 32.2. The molecule has 144 valence electrons. The Morgan fingerprint density at radius 3 is 2.63 bits per heavy atom. The maximum Gasteiger partial charge on any atom is 0.220 e. The Hall–Kier alpha value is -2.75. The largest absolute Gasteiger partial charge is 0.493 e. The van der Waals surface area contributed by atoms with Crippen LogP contribution in [0.25, 0.3) is 0 Å².